The van der Waals surface area contributed by atoms with Crippen LogP contribution in [0, 0.1) is 0 Å². The Kier molecular flexibility index (Phi) is 57.1. The fourth-order valence-corrected chi connectivity index (χ4v) is 9.56. The average molecular weight is 974 g/mol. The molecule has 1 atom stereocenters. The summed E-state index contributed by atoms with van der Waals surface area (Å²) in [5.41, 5.74) is 0. The van der Waals surface area contributed by atoms with Gasteiger partial charge in [0.2, 0.25) is 0 Å². The van der Waals surface area contributed by atoms with Gasteiger partial charge in [0.05, 0.1) is 0 Å². The summed E-state index contributed by atoms with van der Waals surface area (Å²) in [5, 5.41) is 0. The van der Waals surface area contributed by atoms with Gasteiger partial charge in [-0.15, -0.1) is 0 Å². The molecule has 0 saturated heterocycles. The summed E-state index contributed by atoms with van der Waals surface area (Å²) < 4.78 is 16.9. The Morgan fingerprint density at radius 2 is 0.478 bits per heavy atom. The fraction of sp³-hybridized carbons (Fsp3) is 0.921. The number of carbonyl (C=O) groups excluding carboxylic acids is 3. The molecule has 0 radical (unpaired) electrons. The first kappa shape index (κ1) is 67.1. The second kappa shape index (κ2) is 58.7. The van der Waals surface area contributed by atoms with Gasteiger partial charge in [0.25, 0.3) is 0 Å². The van der Waals surface area contributed by atoms with Gasteiger partial charge in [-0.2, -0.15) is 0 Å². The molecule has 0 aromatic carbocycles. The van der Waals surface area contributed by atoms with Gasteiger partial charge in [-0.1, -0.05) is 303 Å². The smallest absolute Gasteiger partial charge is 0.306 e. The second-order valence-corrected chi connectivity index (χ2v) is 21.3. The van der Waals surface area contributed by atoms with E-state index in [0.717, 1.165) is 64.2 Å². The lowest BCUT2D eigenvalue weighted by Crippen LogP contribution is -2.30. The number of carbonyl (C=O) groups is 3. The Morgan fingerprint density at radius 3 is 0.725 bits per heavy atom. The van der Waals surface area contributed by atoms with E-state index in [4.69, 9.17) is 14.2 Å². The molecule has 0 aromatic rings. The average Bonchev–Trinajstić information content (AvgIpc) is 3.35. The zero-order valence-corrected chi connectivity index (χ0v) is 46.9. The van der Waals surface area contributed by atoms with Gasteiger partial charge in [0, 0.05) is 19.3 Å². The molecular formula is C63H120O6. The molecule has 0 spiro atoms. The van der Waals surface area contributed by atoms with E-state index in [1.54, 1.807) is 0 Å². The van der Waals surface area contributed by atoms with Crippen LogP contribution in [-0.4, -0.2) is 37.2 Å². The summed E-state index contributed by atoms with van der Waals surface area (Å²) >= 11 is 0. The highest BCUT2D eigenvalue weighted by Gasteiger charge is 2.19. The molecule has 69 heavy (non-hydrogen) atoms. The van der Waals surface area contributed by atoms with Gasteiger partial charge in [-0.3, -0.25) is 14.4 Å². The highest BCUT2D eigenvalue weighted by Crippen LogP contribution is 2.18. The zero-order valence-electron chi connectivity index (χ0n) is 46.9. The minimum absolute atomic E-state index is 0.0661. The molecule has 0 N–H and O–H groups in total. The van der Waals surface area contributed by atoms with Crippen LogP contribution >= 0.6 is 0 Å². The summed E-state index contributed by atoms with van der Waals surface area (Å²) in [7, 11) is 0. The van der Waals surface area contributed by atoms with E-state index in [-0.39, 0.29) is 31.1 Å². The van der Waals surface area contributed by atoms with Crippen molar-refractivity contribution in [2.24, 2.45) is 0 Å². The van der Waals surface area contributed by atoms with Gasteiger partial charge in [0.15, 0.2) is 6.10 Å². The molecule has 0 aliphatic heterocycles. The third-order valence-corrected chi connectivity index (χ3v) is 14.3. The third kappa shape index (κ3) is 56.9. The Balaban J connectivity index is 4.27. The number of hydrogen-bond acceptors (Lipinski definition) is 6. The molecule has 0 aliphatic rings. The van der Waals surface area contributed by atoms with Crippen LogP contribution in [0.15, 0.2) is 12.2 Å². The Hall–Kier alpha value is -1.85. The normalized spacial score (nSPS) is 12.0. The highest BCUT2D eigenvalue weighted by atomic mass is 16.6. The Morgan fingerprint density at radius 1 is 0.275 bits per heavy atom. The molecule has 6 nitrogen and oxygen atoms in total. The van der Waals surface area contributed by atoms with Crippen LogP contribution in [0.5, 0.6) is 0 Å². The van der Waals surface area contributed by atoms with Crippen LogP contribution in [0.2, 0.25) is 0 Å². The minimum Gasteiger partial charge on any atom is -0.462 e. The molecule has 6 heteroatoms. The number of allylic oxidation sites excluding steroid dienone is 2. The molecule has 0 bridgehead atoms. The van der Waals surface area contributed by atoms with Crippen LogP contribution < -0.4 is 0 Å². The van der Waals surface area contributed by atoms with E-state index in [9.17, 15) is 14.4 Å². The summed E-state index contributed by atoms with van der Waals surface area (Å²) in [6, 6.07) is 0. The van der Waals surface area contributed by atoms with Crippen molar-refractivity contribution in [2.45, 2.75) is 361 Å². The predicted molar refractivity (Wildman–Crippen MR) is 298 cm³/mol. The van der Waals surface area contributed by atoms with Crippen LogP contribution in [0.25, 0.3) is 0 Å². The van der Waals surface area contributed by atoms with Gasteiger partial charge < -0.3 is 14.2 Å². The lowest BCUT2D eigenvalue weighted by Gasteiger charge is -2.18. The molecule has 0 aliphatic carbocycles. The van der Waals surface area contributed by atoms with Crippen molar-refractivity contribution in [1.82, 2.24) is 0 Å². The summed E-state index contributed by atoms with van der Waals surface area (Å²) in [6.07, 6.45) is 67.8. The summed E-state index contributed by atoms with van der Waals surface area (Å²) in [5.74, 6) is -0.846. The maximum Gasteiger partial charge on any atom is 0.306 e. The van der Waals surface area contributed by atoms with Gasteiger partial charge in [-0.05, 0) is 44.9 Å². The molecule has 0 saturated carbocycles. The Labute approximate surface area is 431 Å². The van der Waals surface area contributed by atoms with E-state index < -0.39 is 6.10 Å². The van der Waals surface area contributed by atoms with Crippen LogP contribution in [0.3, 0.4) is 0 Å². The molecule has 0 fully saturated rings. The lowest BCUT2D eigenvalue weighted by molar-refractivity contribution is -0.167. The van der Waals surface area contributed by atoms with Crippen LogP contribution in [0.4, 0.5) is 0 Å². The van der Waals surface area contributed by atoms with Crippen molar-refractivity contribution in [1.29, 1.82) is 0 Å². The quantitative estimate of drug-likeness (QED) is 0.0261. The molecule has 1 unspecified atom stereocenters. The monoisotopic (exact) mass is 973 g/mol. The molecule has 408 valence electrons. The van der Waals surface area contributed by atoms with Crippen LogP contribution in [-0.2, 0) is 28.6 Å². The number of hydrogen-bond donors (Lipinski definition) is 0. The first-order valence-electron chi connectivity index (χ1n) is 31.2. The van der Waals surface area contributed by atoms with Gasteiger partial charge >= 0.3 is 17.9 Å². The summed E-state index contributed by atoms with van der Waals surface area (Å²) in [4.78, 5) is 38.2. The standard InChI is InChI=1S/C63H120O6/c1-4-7-10-13-16-19-22-25-28-30-31-32-33-34-36-38-41-44-47-50-53-56-62(65)68-59-60(58-67-61(64)55-52-49-46-43-40-37-27-24-21-18-15-12-9-6-3)69-63(66)57-54-51-48-45-42-39-35-29-26-23-20-17-14-11-8-5-2/h24,27,60H,4-23,25-26,28-59H2,1-3H3/b27-24-. The van der Waals surface area contributed by atoms with E-state index in [1.807, 2.05) is 0 Å². The minimum atomic E-state index is -0.768. The first-order chi connectivity index (χ1) is 34.0. The number of rotatable bonds is 58. The van der Waals surface area contributed by atoms with E-state index >= 15 is 0 Å². The number of esters is 3. The van der Waals surface area contributed by atoms with Gasteiger partial charge in [-0.25, -0.2) is 0 Å². The van der Waals surface area contributed by atoms with Crippen LogP contribution in [0.1, 0.15) is 355 Å². The number of ether oxygens (including phenoxy) is 3. The number of unbranched alkanes of at least 4 members (excludes halogenated alkanes) is 45. The van der Waals surface area contributed by atoms with Crippen molar-refractivity contribution in [3.63, 3.8) is 0 Å². The van der Waals surface area contributed by atoms with E-state index in [2.05, 4.69) is 32.9 Å². The molecular weight excluding hydrogens is 853 g/mol. The maximum absolute atomic E-state index is 12.9. The van der Waals surface area contributed by atoms with E-state index in [0.29, 0.717) is 19.3 Å². The fourth-order valence-electron chi connectivity index (χ4n) is 9.56. The first-order valence-corrected chi connectivity index (χ1v) is 31.2. The Bertz CT molecular complexity index is 1070. The van der Waals surface area contributed by atoms with Crippen molar-refractivity contribution < 1.29 is 28.6 Å². The van der Waals surface area contributed by atoms with Crippen molar-refractivity contribution in [2.75, 3.05) is 13.2 Å². The van der Waals surface area contributed by atoms with Crippen molar-refractivity contribution >= 4 is 17.9 Å². The lowest BCUT2D eigenvalue weighted by atomic mass is 10.0. The van der Waals surface area contributed by atoms with Crippen molar-refractivity contribution in [3.8, 4) is 0 Å². The largest absolute Gasteiger partial charge is 0.462 e. The molecule has 0 aromatic heterocycles. The SMILES string of the molecule is CCCCCCC/C=C\CCCCCCCC(=O)OCC(COC(=O)CCCCCCCCCCCCCCCCCCCCCCC)OC(=O)CCCCCCCCCCCCCCCCCC. The molecule has 0 rings (SSSR count). The molecule has 0 heterocycles. The molecule has 0 amide bonds. The maximum atomic E-state index is 12.9. The predicted octanol–water partition coefficient (Wildman–Crippen LogP) is 20.9. The van der Waals surface area contributed by atoms with Crippen molar-refractivity contribution in [3.05, 3.63) is 12.2 Å². The third-order valence-electron chi connectivity index (χ3n) is 14.3. The zero-order chi connectivity index (χ0) is 50.0. The summed E-state index contributed by atoms with van der Waals surface area (Å²) in [6.45, 7) is 6.70. The highest BCUT2D eigenvalue weighted by molar-refractivity contribution is 5.71. The second-order valence-electron chi connectivity index (χ2n) is 21.3. The van der Waals surface area contributed by atoms with E-state index in [1.165, 1.54) is 250 Å². The topological polar surface area (TPSA) is 78.9 Å². The van der Waals surface area contributed by atoms with Gasteiger partial charge in [0.1, 0.15) is 13.2 Å².